The number of ether oxygens (including phenoxy) is 1. The smallest absolute Gasteiger partial charge is 0.129 e. The highest BCUT2D eigenvalue weighted by atomic mass is 79.9. The number of H-pyrrole nitrogens is 1. The van der Waals surface area contributed by atoms with Crippen LogP contribution < -0.4 is 4.74 Å². The van der Waals surface area contributed by atoms with Gasteiger partial charge in [-0.25, -0.2) is 0 Å². The van der Waals surface area contributed by atoms with Crippen molar-refractivity contribution in [1.29, 1.82) is 0 Å². The molecule has 1 N–H and O–H groups in total. The maximum absolute atomic E-state index is 5.34. The van der Waals surface area contributed by atoms with Crippen LogP contribution in [0.15, 0.2) is 22.8 Å². The van der Waals surface area contributed by atoms with Crippen LogP contribution in [0.5, 0.6) is 5.75 Å². The second-order valence-electron chi connectivity index (χ2n) is 2.98. The van der Waals surface area contributed by atoms with Crippen molar-refractivity contribution in [3.8, 4) is 5.75 Å². The Hall–Kier alpha value is -0.480. The molecule has 0 radical (unpaired) electrons. The Kier molecular flexibility index (Phi) is 2.83. The molecule has 0 aliphatic rings. The number of halogens is 2. The minimum absolute atomic E-state index is 0.824. The summed E-state index contributed by atoms with van der Waals surface area (Å²) in [6, 6.07) is 4.02. The van der Waals surface area contributed by atoms with Gasteiger partial charge in [0.25, 0.3) is 0 Å². The van der Waals surface area contributed by atoms with Crippen LogP contribution >= 0.6 is 31.9 Å². The fraction of sp³-hybridized carbons (Fsp3) is 0.200. The summed E-state index contributed by atoms with van der Waals surface area (Å²) in [6.07, 6.45) is 1.99. The SMILES string of the molecule is COc1cc(Br)cc2[nH]cc(CBr)c12. The number of benzene rings is 1. The fourth-order valence-electron chi connectivity index (χ4n) is 1.53. The summed E-state index contributed by atoms with van der Waals surface area (Å²) in [7, 11) is 1.69. The van der Waals surface area contributed by atoms with E-state index < -0.39 is 0 Å². The van der Waals surface area contributed by atoms with E-state index in [2.05, 4.69) is 36.8 Å². The molecule has 0 fully saturated rings. The molecule has 0 saturated carbocycles. The van der Waals surface area contributed by atoms with Crippen LogP contribution in [0.3, 0.4) is 0 Å². The molecule has 2 rings (SSSR count). The monoisotopic (exact) mass is 317 g/mol. The predicted molar refractivity (Wildman–Crippen MR) is 65.2 cm³/mol. The van der Waals surface area contributed by atoms with Gasteiger partial charge in [-0.05, 0) is 17.7 Å². The predicted octanol–water partition coefficient (Wildman–Crippen LogP) is 3.83. The largest absolute Gasteiger partial charge is 0.496 e. The van der Waals surface area contributed by atoms with Gasteiger partial charge in [-0.1, -0.05) is 31.9 Å². The maximum atomic E-state index is 5.34. The van der Waals surface area contributed by atoms with Crippen LogP contribution in [0.1, 0.15) is 5.56 Å². The minimum Gasteiger partial charge on any atom is -0.496 e. The lowest BCUT2D eigenvalue weighted by atomic mass is 10.2. The Balaban J connectivity index is 2.78. The number of aromatic nitrogens is 1. The van der Waals surface area contributed by atoms with Gasteiger partial charge < -0.3 is 9.72 Å². The third kappa shape index (κ3) is 1.57. The summed E-state index contributed by atoms with van der Waals surface area (Å²) < 4.78 is 6.36. The second-order valence-corrected chi connectivity index (χ2v) is 4.45. The number of aromatic amines is 1. The summed E-state index contributed by atoms with van der Waals surface area (Å²) in [5.41, 5.74) is 2.30. The van der Waals surface area contributed by atoms with E-state index in [0.29, 0.717) is 0 Å². The van der Waals surface area contributed by atoms with Crippen LogP contribution in [0.4, 0.5) is 0 Å². The molecule has 74 valence electrons. The Morgan fingerprint density at radius 3 is 2.86 bits per heavy atom. The zero-order valence-corrected chi connectivity index (χ0v) is 10.8. The molecule has 1 aromatic carbocycles. The van der Waals surface area contributed by atoms with E-state index in [1.165, 1.54) is 5.56 Å². The molecular formula is C10H9Br2NO. The molecule has 2 aromatic rings. The number of hydrogen-bond acceptors (Lipinski definition) is 1. The summed E-state index contributed by atoms with van der Waals surface area (Å²) in [4.78, 5) is 3.21. The quantitative estimate of drug-likeness (QED) is 0.836. The molecular weight excluding hydrogens is 310 g/mol. The Bertz CT molecular complexity index is 464. The van der Waals surface area contributed by atoms with E-state index >= 15 is 0 Å². The summed E-state index contributed by atoms with van der Waals surface area (Å²) in [6.45, 7) is 0. The number of rotatable bonds is 2. The number of fused-ring (bicyclic) bond motifs is 1. The van der Waals surface area contributed by atoms with Gasteiger partial charge in [0.05, 0.1) is 12.6 Å². The summed E-state index contributed by atoms with van der Waals surface area (Å²) in [5, 5.41) is 1.97. The average molecular weight is 319 g/mol. The number of nitrogens with one attached hydrogen (secondary N) is 1. The second kappa shape index (κ2) is 3.95. The van der Waals surface area contributed by atoms with E-state index in [0.717, 1.165) is 26.5 Å². The topological polar surface area (TPSA) is 25.0 Å². The number of hydrogen-bond donors (Lipinski definition) is 1. The molecule has 0 amide bonds. The zero-order chi connectivity index (χ0) is 10.1. The minimum atomic E-state index is 0.824. The van der Waals surface area contributed by atoms with Crippen molar-refractivity contribution < 1.29 is 4.74 Å². The Morgan fingerprint density at radius 2 is 2.21 bits per heavy atom. The van der Waals surface area contributed by atoms with E-state index in [1.54, 1.807) is 7.11 Å². The van der Waals surface area contributed by atoms with Gasteiger partial charge >= 0.3 is 0 Å². The van der Waals surface area contributed by atoms with Crippen molar-refractivity contribution >= 4 is 42.8 Å². The highest BCUT2D eigenvalue weighted by Crippen LogP contribution is 2.33. The third-order valence-corrected chi connectivity index (χ3v) is 3.22. The lowest BCUT2D eigenvalue weighted by Crippen LogP contribution is -1.85. The molecule has 0 aliphatic heterocycles. The van der Waals surface area contributed by atoms with Crippen molar-refractivity contribution in [2.45, 2.75) is 5.33 Å². The summed E-state index contributed by atoms with van der Waals surface area (Å²) >= 11 is 6.90. The van der Waals surface area contributed by atoms with Crippen molar-refractivity contribution in [2.75, 3.05) is 7.11 Å². The molecule has 0 atom stereocenters. The molecule has 0 bridgehead atoms. The van der Waals surface area contributed by atoms with Gasteiger partial charge in [0.15, 0.2) is 0 Å². The van der Waals surface area contributed by atoms with E-state index in [-0.39, 0.29) is 0 Å². The maximum Gasteiger partial charge on any atom is 0.129 e. The van der Waals surface area contributed by atoms with Crippen LogP contribution in [-0.2, 0) is 5.33 Å². The Labute approximate surface area is 98.9 Å². The molecule has 0 saturated heterocycles. The molecule has 1 heterocycles. The molecule has 14 heavy (non-hydrogen) atoms. The van der Waals surface area contributed by atoms with Gasteiger partial charge in [0.1, 0.15) is 5.75 Å². The van der Waals surface area contributed by atoms with Gasteiger partial charge in [-0.15, -0.1) is 0 Å². The standard InChI is InChI=1S/C10H9Br2NO/c1-14-9-3-7(12)2-8-10(9)6(4-11)5-13-8/h2-3,5,13H,4H2,1H3. The molecule has 0 unspecified atom stereocenters. The van der Waals surface area contributed by atoms with Crippen LogP contribution in [0.25, 0.3) is 10.9 Å². The lowest BCUT2D eigenvalue weighted by Gasteiger charge is -2.04. The molecule has 0 spiro atoms. The van der Waals surface area contributed by atoms with Crippen molar-refractivity contribution in [2.24, 2.45) is 0 Å². The van der Waals surface area contributed by atoms with Crippen LogP contribution in [-0.4, -0.2) is 12.1 Å². The van der Waals surface area contributed by atoms with Gasteiger partial charge in [0, 0.05) is 21.4 Å². The number of alkyl halides is 1. The first-order chi connectivity index (χ1) is 6.76. The van der Waals surface area contributed by atoms with E-state index in [9.17, 15) is 0 Å². The lowest BCUT2D eigenvalue weighted by molar-refractivity contribution is 0.419. The Morgan fingerprint density at radius 1 is 1.43 bits per heavy atom. The molecule has 2 nitrogen and oxygen atoms in total. The third-order valence-electron chi connectivity index (χ3n) is 2.15. The first kappa shape index (κ1) is 10.1. The van der Waals surface area contributed by atoms with Gasteiger partial charge in [-0.3, -0.25) is 0 Å². The number of methoxy groups -OCH3 is 1. The van der Waals surface area contributed by atoms with E-state index in [1.807, 2.05) is 18.3 Å². The van der Waals surface area contributed by atoms with Gasteiger partial charge in [0.2, 0.25) is 0 Å². The fourth-order valence-corrected chi connectivity index (χ4v) is 2.41. The van der Waals surface area contributed by atoms with Crippen LogP contribution in [0, 0.1) is 0 Å². The van der Waals surface area contributed by atoms with Crippen LogP contribution in [0.2, 0.25) is 0 Å². The zero-order valence-electron chi connectivity index (χ0n) is 7.60. The van der Waals surface area contributed by atoms with Crippen molar-refractivity contribution in [3.05, 3.63) is 28.4 Å². The van der Waals surface area contributed by atoms with Crippen molar-refractivity contribution in [3.63, 3.8) is 0 Å². The first-order valence-electron chi connectivity index (χ1n) is 4.15. The highest BCUT2D eigenvalue weighted by Gasteiger charge is 2.09. The highest BCUT2D eigenvalue weighted by molar-refractivity contribution is 9.10. The molecule has 0 aliphatic carbocycles. The van der Waals surface area contributed by atoms with Crippen molar-refractivity contribution in [1.82, 2.24) is 4.98 Å². The first-order valence-corrected chi connectivity index (χ1v) is 6.07. The normalized spacial score (nSPS) is 10.8. The van der Waals surface area contributed by atoms with E-state index in [4.69, 9.17) is 4.74 Å². The van der Waals surface area contributed by atoms with Gasteiger partial charge in [-0.2, -0.15) is 0 Å². The average Bonchev–Trinajstić information content (AvgIpc) is 2.59. The summed E-state index contributed by atoms with van der Waals surface area (Å²) in [5.74, 6) is 0.894. The molecule has 1 aromatic heterocycles. The molecule has 4 heteroatoms.